The molecule has 96 valence electrons. The Kier molecular flexibility index (Phi) is 2.69. The van der Waals surface area contributed by atoms with Crippen LogP contribution < -0.4 is 4.90 Å². The molecule has 1 aromatic heterocycles. The van der Waals surface area contributed by atoms with Crippen molar-refractivity contribution in [1.82, 2.24) is 15.1 Å². The number of rotatable bonds is 1. The normalized spacial score (nSPS) is 17.0. The minimum absolute atomic E-state index is 0.132. The lowest BCUT2D eigenvalue weighted by Gasteiger charge is -2.12. The Labute approximate surface area is 107 Å². The van der Waals surface area contributed by atoms with E-state index in [2.05, 4.69) is 10.2 Å². The number of hydrogen-bond acceptors (Lipinski definition) is 6. The monoisotopic (exact) mass is 268 g/mol. The molecule has 1 fully saturated rings. The van der Waals surface area contributed by atoms with Crippen LogP contribution in [0.2, 0.25) is 0 Å². The highest BCUT2D eigenvalue weighted by molar-refractivity contribution is 7.16. The van der Waals surface area contributed by atoms with E-state index in [1.54, 1.807) is 0 Å². The molecule has 7 nitrogen and oxygen atoms in total. The van der Waals surface area contributed by atoms with E-state index in [1.165, 1.54) is 7.05 Å². The summed E-state index contributed by atoms with van der Waals surface area (Å²) in [6.07, 6.45) is 0. The lowest BCUT2D eigenvalue weighted by atomic mass is 9.98. The summed E-state index contributed by atoms with van der Waals surface area (Å²) in [6, 6.07) is -0.693. The first kappa shape index (κ1) is 12.6. The van der Waals surface area contributed by atoms with Crippen LogP contribution >= 0.6 is 11.3 Å². The minimum Gasteiger partial charge on any atom is -0.263 e. The number of imide groups is 2. The molecule has 0 atom stereocenters. The first-order chi connectivity index (χ1) is 8.23. The van der Waals surface area contributed by atoms with Crippen LogP contribution in [0.3, 0.4) is 0 Å². The van der Waals surface area contributed by atoms with Crippen LogP contribution in [0, 0.1) is 0 Å². The molecule has 0 saturated carbocycles. The summed E-state index contributed by atoms with van der Waals surface area (Å²) < 4.78 is 0. The standard InChI is InChI=1S/C10H12N4O3S/c1-10(2,3)7-11-12-8(18-7)14-6(16)5(15)13(4)9(14)17/h1-4H3. The van der Waals surface area contributed by atoms with Crippen molar-refractivity contribution in [2.75, 3.05) is 11.9 Å². The molecule has 8 heteroatoms. The highest BCUT2D eigenvalue weighted by atomic mass is 32.1. The van der Waals surface area contributed by atoms with Crippen molar-refractivity contribution in [2.24, 2.45) is 0 Å². The summed E-state index contributed by atoms with van der Waals surface area (Å²) in [5.41, 5.74) is -0.225. The van der Waals surface area contributed by atoms with E-state index >= 15 is 0 Å². The highest BCUT2D eigenvalue weighted by Crippen LogP contribution is 2.31. The van der Waals surface area contributed by atoms with Crippen molar-refractivity contribution in [2.45, 2.75) is 26.2 Å². The van der Waals surface area contributed by atoms with Crippen molar-refractivity contribution in [1.29, 1.82) is 0 Å². The van der Waals surface area contributed by atoms with Gasteiger partial charge in [0.2, 0.25) is 5.13 Å². The Morgan fingerprint density at radius 2 is 1.67 bits per heavy atom. The van der Waals surface area contributed by atoms with Crippen molar-refractivity contribution < 1.29 is 14.4 Å². The molecule has 0 unspecified atom stereocenters. The minimum atomic E-state index is -0.890. The molecule has 0 spiro atoms. The van der Waals surface area contributed by atoms with Gasteiger partial charge in [0.1, 0.15) is 5.01 Å². The van der Waals surface area contributed by atoms with Crippen molar-refractivity contribution in [3.63, 3.8) is 0 Å². The molecule has 1 saturated heterocycles. The average molecular weight is 268 g/mol. The third-order valence-electron chi connectivity index (χ3n) is 2.42. The average Bonchev–Trinajstić information content (AvgIpc) is 2.81. The zero-order chi connectivity index (χ0) is 13.7. The van der Waals surface area contributed by atoms with Crippen LogP contribution in [-0.2, 0) is 15.0 Å². The predicted octanol–water partition coefficient (Wildman–Crippen LogP) is 0.761. The predicted molar refractivity (Wildman–Crippen MR) is 64.3 cm³/mol. The Balaban J connectivity index is 2.39. The molecule has 1 aromatic rings. The van der Waals surface area contributed by atoms with Gasteiger partial charge >= 0.3 is 17.8 Å². The lowest BCUT2D eigenvalue weighted by Crippen LogP contribution is -2.31. The lowest BCUT2D eigenvalue weighted by molar-refractivity contribution is -0.138. The van der Waals surface area contributed by atoms with E-state index in [0.717, 1.165) is 21.1 Å². The first-order valence-electron chi connectivity index (χ1n) is 5.23. The van der Waals surface area contributed by atoms with E-state index in [-0.39, 0.29) is 10.5 Å². The Morgan fingerprint density at radius 1 is 1.06 bits per heavy atom. The maximum absolute atomic E-state index is 11.7. The molecule has 0 aliphatic carbocycles. The second-order valence-electron chi connectivity index (χ2n) is 4.93. The molecule has 0 aromatic carbocycles. The Bertz CT molecular complexity index is 546. The molecule has 1 aliphatic heterocycles. The number of aromatic nitrogens is 2. The van der Waals surface area contributed by atoms with Gasteiger partial charge in [0.25, 0.3) is 0 Å². The van der Waals surface area contributed by atoms with E-state index in [4.69, 9.17) is 0 Å². The zero-order valence-corrected chi connectivity index (χ0v) is 11.2. The smallest absolute Gasteiger partial charge is 0.263 e. The Hall–Kier alpha value is -1.83. The number of anilines is 1. The van der Waals surface area contributed by atoms with Crippen LogP contribution in [0.25, 0.3) is 0 Å². The van der Waals surface area contributed by atoms with Gasteiger partial charge in [-0.3, -0.25) is 14.5 Å². The van der Waals surface area contributed by atoms with Gasteiger partial charge in [-0.15, -0.1) is 10.2 Å². The third kappa shape index (κ3) is 1.78. The number of hydrogen-bond donors (Lipinski definition) is 0. The van der Waals surface area contributed by atoms with Gasteiger partial charge in [0, 0.05) is 12.5 Å². The molecule has 4 amide bonds. The highest BCUT2D eigenvalue weighted by Gasteiger charge is 2.45. The number of carbonyl (C=O) groups excluding carboxylic acids is 3. The third-order valence-corrected chi connectivity index (χ3v) is 3.75. The van der Waals surface area contributed by atoms with Crippen LogP contribution in [-0.4, -0.2) is 40.0 Å². The second-order valence-corrected chi connectivity index (χ2v) is 5.88. The summed E-state index contributed by atoms with van der Waals surface area (Å²) in [5, 5.41) is 8.58. The molecule has 2 rings (SSSR count). The fourth-order valence-corrected chi connectivity index (χ4v) is 2.24. The molecule has 1 aliphatic rings. The molecule has 0 bridgehead atoms. The topological polar surface area (TPSA) is 83.5 Å². The maximum Gasteiger partial charge on any atom is 0.340 e. The molecular formula is C10H12N4O3S. The number of amides is 4. The van der Waals surface area contributed by atoms with Gasteiger partial charge in [-0.2, -0.15) is 4.90 Å². The fraction of sp³-hybridized carbons (Fsp3) is 0.500. The number of nitrogens with zero attached hydrogens (tertiary/aromatic N) is 4. The summed E-state index contributed by atoms with van der Waals surface area (Å²) in [7, 11) is 1.26. The van der Waals surface area contributed by atoms with Crippen LogP contribution in [0.15, 0.2) is 0 Å². The summed E-state index contributed by atoms with van der Waals surface area (Å²) in [5.74, 6) is -1.74. The summed E-state index contributed by atoms with van der Waals surface area (Å²) in [4.78, 5) is 36.3. The molecule has 2 heterocycles. The summed E-state index contributed by atoms with van der Waals surface area (Å²) >= 11 is 1.13. The second kappa shape index (κ2) is 3.84. The summed E-state index contributed by atoms with van der Waals surface area (Å²) in [6.45, 7) is 5.84. The zero-order valence-electron chi connectivity index (χ0n) is 10.4. The van der Waals surface area contributed by atoms with Gasteiger partial charge in [-0.05, 0) is 0 Å². The molecular weight excluding hydrogens is 256 g/mol. The van der Waals surface area contributed by atoms with Crippen molar-refractivity contribution in [3.05, 3.63) is 5.01 Å². The number of carbonyl (C=O) groups is 3. The number of urea groups is 1. The maximum atomic E-state index is 11.7. The van der Waals surface area contributed by atoms with E-state index in [0.29, 0.717) is 5.01 Å². The largest absolute Gasteiger partial charge is 0.340 e. The SMILES string of the molecule is CN1C(=O)C(=O)N(c2nnc(C(C)(C)C)s2)C1=O. The van der Waals surface area contributed by atoms with Gasteiger partial charge in [0.05, 0.1) is 0 Å². The van der Waals surface area contributed by atoms with Gasteiger partial charge in [-0.1, -0.05) is 32.1 Å². The van der Waals surface area contributed by atoms with Crippen molar-refractivity contribution >= 4 is 34.3 Å². The molecule has 0 radical (unpaired) electrons. The van der Waals surface area contributed by atoms with Crippen LogP contribution in [0.5, 0.6) is 0 Å². The van der Waals surface area contributed by atoms with Crippen molar-refractivity contribution in [3.8, 4) is 0 Å². The van der Waals surface area contributed by atoms with Crippen LogP contribution in [0.4, 0.5) is 9.93 Å². The molecule has 0 N–H and O–H groups in total. The fourth-order valence-electron chi connectivity index (χ4n) is 1.34. The first-order valence-corrected chi connectivity index (χ1v) is 6.05. The van der Waals surface area contributed by atoms with E-state index < -0.39 is 17.8 Å². The molecule has 18 heavy (non-hydrogen) atoms. The van der Waals surface area contributed by atoms with Gasteiger partial charge in [-0.25, -0.2) is 4.79 Å². The van der Waals surface area contributed by atoms with Gasteiger partial charge in [0.15, 0.2) is 0 Å². The number of likely N-dealkylation sites (N-methyl/N-ethyl adjacent to an activating group) is 1. The van der Waals surface area contributed by atoms with E-state index in [9.17, 15) is 14.4 Å². The van der Waals surface area contributed by atoms with E-state index in [1.807, 2.05) is 20.8 Å². The Morgan fingerprint density at radius 3 is 2.06 bits per heavy atom. The van der Waals surface area contributed by atoms with Gasteiger partial charge < -0.3 is 0 Å². The van der Waals surface area contributed by atoms with Crippen LogP contribution in [0.1, 0.15) is 25.8 Å². The quantitative estimate of drug-likeness (QED) is 0.554.